The summed E-state index contributed by atoms with van der Waals surface area (Å²) in [6, 6.07) is 7.17. The highest BCUT2D eigenvalue weighted by molar-refractivity contribution is 7.16. The summed E-state index contributed by atoms with van der Waals surface area (Å²) in [5.74, 6) is -0.127. The van der Waals surface area contributed by atoms with Crippen molar-refractivity contribution in [3.8, 4) is 0 Å². The molecule has 0 fully saturated rings. The Bertz CT molecular complexity index is 943. The SMILES string of the molecule is Cc1cccc(C(=O)Nc2cnc3sc(C(C)C)nn3c2=O)c1. The first-order valence-electron chi connectivity index (χ1n) is 7.22. The molecule has 2 heterocycles. The standard InChI is InChI=1S/C16H16N4O2S/c1-9(2)14-19-20-15(22)12(8-17-16(20)23-14)18-13(21)11-6-4-5-10(3)7-11/h4-9H,1-3H3,(H,18,21). The van der Waals surface area contributed by atoms with Crippen LogP contribution >= 0.6 is 11.3 Å². The van der Waals surface area contributed by atoms with Crippen LogP contribution in [0.15, 0.2) is 35.3 Å². The quantitative estimate of drug-likeness (QED) is 0.802. The van der Waals surface area contributed by atoms with Gasteiger partial charge in [0.25, 0.3) is 11.5 Å². The summed E-state index contributed by atoms with van der Waals surface area (Å²) in [5.41, 5.74) is 1.22. The molecule has 0 saturated heterocycles. The van der Waals surface area contributed by atoms with Crippen molar-refractivity contribution >= 4 is 27.9 Å². The van der Waals surface area contributed by atoms with Crippen molar-refractivity contribution in [3.63, 3.8) is 0 Å². The second-order valence-electron chi connectivity index (χ2n) is 5.59. The van der Waals surface area contributed by atoms with Crippen LogP contribution in [0.3, 0.4) is 0 Å². The van der Waals surface area contributed by atoms with Gasteiger partial charge in [-0.2, -0.15) is 9.61 Å². The van der Waals surface area contributed by atoms with Gasteiger partial charge in [-0.1, -0.05) is 42.9 Å². The molecule has 118 valence electrons. The highest BCUT2D eigenvalue weighted by Gasteiger charge is 2.14. The van der Waals surface area contributed by atoms with Crippen LogP contribution in [0.2, 0.25) is 0 Å². The molecule has 3 rings (SSSR count). The van der Waals surface area contributed by atoms with E-state index >= 15 is 0 Å². The Morgan fingerprint density at radius 3 is 2.83 bits per heavy atom. The van der Waals surface area contributed by atoms with E-state index in [2.05, 4.69) is 15.4 Å². The molecule has 0 atom stereocenters. The average Bonchev–Trinajstić information content (AvgIpc) is 2.95. The normalized spacial score (nSPS) is 11.1. The van der Waals surface area contributed by atoms with Crippen LogP contribution in [0.5, 0.6) is 0 Å². The summed E-state index contributed by atoms with van der Waals surface area (Å²) in [7, 11) is 0. The van der Waals surface area contributed by atoms with E-state index in [0.29, 0.717) is 10.5 Å². The second kappa shape index (κ2) is 5.92. The first-order chi connectivity index (χ1) is 11.0. The van der Waals surface area contributed by atoms with E-state index in [9.17, 15) is 9.59 Å². The van der Waals surface area contributed by atoms with Gasteiger partial charge in [0.15, 0.2) is 0 Å². The van der Waals surface area contributed by atoms with E-state index in [-0.39, 0.29) is 23.1 Å². The third kappa shape index (κ3) is 3.00. The maximum atomic E-state index is 12.5. The Morgan fingerprint density at radius 1 is 1.35 bits per heavy atom. The number of aromatic nitrogens is 3. The maximum Gasteiger partial charge on any atom is 0.298 e. The molecule has 1 aromatic carbocycles. The number of anilines is 1. The number of nitrogens with zero attached hydrogens (tertiary/aromatic N) is 3. The number of carbonyl (C=O) groups is 1. The van der Waals surface area contributed by atoms with Crippen molar-refractivity contribution in [1.29, 1.82) is 0 Å². The highest BCUT2D eigenvalue weighted by Crippen LogP contribution is 2.20. The molecule has 0 unspecified atom stereocenters. The molecule has 0 saturated carbocycles. The van der Waals surface area contributed by atoms with Gasteiger partial charge < -0.3 is 5.32 Å². The molecule has 1 amide bonds. The van der Waals surface area contributed by atoms with Crippen molar-refractivity contribution in [2.75, 3.05) is 5.32 Å². The molecule has 2 aromatic heterocycles. The lowest BCUT2D eigenvalue weighted by atomic mass is 10.1. The van der Waals surface area contributed by atoms with Crippen LogP contribution < -0.4 is 10.9 Å². The van der Waals surface area contributed by atoms with Gasteiger partial charge in [-0.25, -0.2) is 4.98 Å². The van der Waals surface area contributed by atoms with Gasteiger partial charge in [-0.3, -0.25) is 9.59 Å². The van der Waals surface area contributed by atoms with Crippen molar-refractivity contribution in [2.45, 2.75) is 26.7 Å². The number of hydrogen-bond acceptors (Lipinski definition) is 5. The fourth-order valence-electron chi connectivity index (χ4n) is 2.10. The van der Waals surface area contributed by atoms with E-state index in [1.54, 1.807) is 18.2 Å². The topological polar surface area (TPSA) is 76.4 Å². The number of carbonyl (C=O) groups excluding carboxylic acids is 1. The predicted octanol–water partition coefficient (Wildman–Crippen LogP) is 2.84. The lowest BCUT2D eigenvalue weighted by Gasteiger charge is -2.04. The lowest BCUT2D eigenvalue weighted by Crippen LogP contribution is -2.23. The minimum atomic E-state index is -0.376. The molecule has 0 aliphatic carbocycles. The van der Waals surface area contributed by atoms with Crippen molar-refractivity contribution in [2.24, 2.45) is 0 Å². The van der Waals surface area contributed by atoms with Crippen LogP contribution in [0.1, 0.15) is 40.7 Å². The van der Waals surface area contributed by atoms with E-state index < -0.39 is 0 Å². The van der Waals surface area contributed by atoms with Gasteiger partial charge in [0.1, 0.15) is 10.7 Å². The minimum Gasteiger partial charge on any atom is -0.316 e. The van der Waals surface area contributed by atoms with E-state index in [1.165, 1.54) is 22.0 Å². The van der Waals surface area contributed by atoms with Gasteiger partial charge in [0.05, 0.1) is 6.20 Å². The maximum absolute atomic E-state index is 12.5. The average molecular weight is 328 g/mol. The molecule has 0 spiro atoms. The van der Waals surface area contributed by atoms with Crippen LogP contribution in [-0.2, 0) is 0 Å². The molecule has 3 aromatic rings. The lowest BCUT2D eigenvalue weighted by molar-refractivity contribution is 0.102. The molecule has 0 radical (unpaired) electrons. The Labute approximate surface area is 136 Å². The number of benzene rings is 1. The number of aryl methyl sites for hydroxylation is 1. The van der Waals surface area contributed by atoms with E-state index in [0.717, 1.165) is 10.6 Å². The molecular formula is C16H16N4O2S. The zero-order valence-electron chi connectivity index (χ0n) is 13.0. The number of amides is 1. The van der Waals surface area contributed by atoms with Crippen LogP contribution in [0, 0.1) is 6.92 Å². The number of nitrogens with one attached hydrogen (secondary N) is 1. The molecule has 0 aliphatic rings. The Kier molecular flexibility index (Phi) is 3.96. The van der Waals surface area contributed by atoms with E-state index in [4.69, 9.17) is 0 Å². The fourth-order valence-corrected chi connectivity index (χ4v) is 2.96. The molecule has 7 heteroatoms. The number of rotatable bonds is 3. The third-order valence-corrected chi connectivity index (χ3v) is 4.55. The highest BCUT2D eigenvalue weighted by atomic mass is 32.1. The smallest absolute Gasteiger partial charge is 0.298 e. The second-order valence-corrected chi connectivity index (χ2v) is 6.58. The first kappa shape index (κ1) is 15.4. The minimum absolute atomic E-state index is 0.120. The summed E-state index contributed by atoms with van der Waals surface area (Å²) in [5, 5.41) is 7.72. The molecular weight excluding hydrogens is 312 g/mol. The van der Waals surface area contributed by atoms with Gasteiger partial charge in [0.2, 0.25) is 4.96 Å². The third-order valence-electron chi connectivity index (χ3n) is 3.32. The van der Waals surface area contributed by atoms with Gasteiger partial charge in [0, 0.05) is 11.5 Å². The predicted molar refractivity (Wildman–Crippen MR) is 90.4 cm³/mol. The van der Waals surface area contributed by atoms with Crippen LogP contribution in [0.25, 0.3) is 4.96 Å². The van der Waals surface area contributed by atoms with Gasteiger partial charge in [-0.05, 0) is 19.1 Å². The van der Waals surface area contributed by atoms with Gasteiger partial charge >= 0.3 is 0 Å². The summed E-state index contributed by atoms with van der Waals surface area (Å²) >= 11 is 1.37. The largest absolute Gasteiger partial charge is 0.316 e. The molecule has 6 nitrogen and oxygen atoms in total. The fraction of sp³-hybridized carbons (Fsp3) is 0.250. The summed E-state index contributed by atoms with van der Waals surface area (Å²) < 4.78 is 1.24. The number of fused-ring (bicyclic) bond motifs is 1. The van der Waals surface area contributed by atoms with Crippen LogP contribution in [0.4, 0.5) is 5.69 Å². The van der Waals surface area contributed by atoms with Crippen molar-refractivity contribution in [3.05, 3.63) is 57.0 Å². The summed E-state index contributed by atoms with van der Waals surface area (Å²) in [6.45, 7) is 5.91. The molecule has 23 heavy (non-hydrogen) atoms. The molecule has 1 N–H and O–H groups in total. The van der Waals surface area contributed by atoms with Crippen LogP contribution in [-0.4, -0.2) is 20.5 Å². The summed E-state index contributed by atoms with van der Waals surface area (Å²) in [4.78, 5) is 29.4. The summed E-state index contributed by atoms with van der Waals surface area (Å²) in [6.07, 6.45) is 1.38. The molecule has 0 bridgehead atoms. The Hall–Kier alpha value is -2.54. The zero-order valence-corrected chi connectivity index (χ0v) is 13.8. The zero-order chi connectivity index (χ0) is 16.6. The molecule has 0 aliphatic heterocycles. The number of hydrogen-bond donors (Lipinski definition) is 1. The van der Waals surface area contributed by atoms with E-state index in [1.807, 2.05) is 26.8 Å². The Morgan fingerprint density at radius 2 is 2.13 bits per heavy atom. The van der Waals surface area contributed by atoms with Crippen molar-refractivity contribution < 1.29 is 4.79 Å². The first-order valence-corrected chi connectivity index (χ1v) is 8.04. The van der Waals surface area contributed by atoms with Gasteiger partial charge in [-0.15, -0.1) is 0 Å². The monoisotopic (exact) mass is 328 g/mol. The van der Waals surface area contributed by atoms with Crippen molar-refractivity contribution in [1.82, 2.24) is 14.6 Å². The Balaban J connectivity index is 1.96.